The van der Waals surface area contributed by atoms with E-state index in [1.165, 1.54) is 0 Å². The Morgan fingerprint density at radius 3 is 2.40 bits per heavy atom. The lowest BCUT2D eigenvalue weighted by Gasteiger charge is -2.09. The summed E-state index contributed by atoms with van der Waals surface area (Å²) in [6, 6.07) is 5.89. The van der Waals surface area contributed by atoms with Crippen LogP contribution < -0.4 is 14.8 Å². The molecular formula is C15H21N3O2. The molecule has 0 aliphatic carbocycles. The number of imidazole rings is 1. The molecule has 0 radical (unpaired) electrons. The van der Waals surface area contributed by atoms with Crippen LogP contribution in [0.25, 0.3) is 0 Å². The molecule has 0 spiro atoms. The van der Waals surface area contributed by atoms with Crippen molar-refractivity contribution in [3.8, 4) is 11.5 Å². The summed E-state index contributed by atoms with van der Waals surface area (Å²) in [5, 5.41) is 3.41. The summed E-state index contributed by atoms with van der Waals surface area (Å²) in [5.41, 5.74) is 1.14. The van der Waals surface area contributed by atoms with Gasteiger partial charge >= 0.3 is 0 Å². The fraction of sp³-hybridized carbons (Fsp3) is 0.400. The maximum absolute atomic E-state index is 5.26. The van der Waals surface area contributed by atoms with Gasteiger partial charge in [-0.25, -0.2) is 4.98 Å². The van der Waals surface area contributed by atoms with E-state index in [0.29, 0.717) is 0 Å². The highest BCUT2D eigenvalue weighted by Crippen LogP contribution is 2.22. The number of rotatable bonds is 7. The van der Waals surface area contributed by atoms with Gasteiger partial charge in [-0.2, -0.15) is 0 Å². The zero-order chi connectivity index (χ0) is 14.4. The minimum atomic E-state index is 0.776. The van der Waals surface area contributed by atoms with E-state index in [2.05, 4.69) is 10.3 Å². The Bertz CT molecular complexity index is 530. The van der Waals surface area contributed by atoms with E-state index in [1.807, 2.05) is 42.2 Å². The van der Waals surface area contributed by atoms with Crippen LogP contribution in [0.3, 0.4) is 0 Å². The van der Waals surface area contributed by atoms with Gasteiger partial charge in [-0.3, -0.25) is 0 Å². The molecule has 1 heterocycles. The van der Waals surface area contributed by atoms with Crippen LogP contribution in [0.2, 0.25) is 0 Å². The van der Waals surface area contributed by atoms with Crippen molar-refractivity contribution in [2.24, 2.45) is 7.05 Å². The Kier molecular flexibility index (Phi) is 5.01. The van der Waals surface area contributed by atoms with E-state index in [0.717, 1.165) is 42.4 Å². The largest absolute Gasteiger partial charge is 0.497 e. The van der Waals surface area contributed by atoms with Crippen LogP contribution in [-0.4, -0.2) is 30.3 Å². The molecule has 1 aromatic carbocycles. The lowest BCUT2D eigenvalue weighted by molar-refractivity contribution is 0.393. The smallest absolute Gasteiger partial charge is 0.122 e. The second-order valence-corrected chi connectivity index (χ2v) is 4.60. The van der Waals surface area contributed by atoms with Crippen LogP contribution in [-0.2, 0) is 20.0 Å². The molecule has 0 bridgehead atoms. The lowest BCUT2D eigenvalue weighted by Crippen LogP contribution is -2.18. The van der Waals surface area contributed by atoms with Crippen molar-refractivity contribution in [2.45, 2.75) is 13.0 Å². The summed E-state index contributed by atoms with van der Waals surface area (Å²) < 4.78 is 12.6. The molecule has 0 atom stereocenters. The fourth-order valence-corrected chi connectivity index (χ4v) is 2.04. The minimum Gasteiger partial charge on any atom is -0.497 e. The van der Waals surface area contributed by atoms with Gasteiger partial charge in [-0.15, -0.1) is 0 Å². The SMILES string of the molecule is COc1cc(CNCCc2nccn2C)cc(OC)c1. The molecule has 2 rings (SSSR count). The van der Waals surface area contributed by atoms with Gasteiger partial charge in [0.25, 0.3) is 0 Å². The van der Waals surface area contributed by atoms with Crippen LogP contribution in [0.15, 0.2) is 30.6 Å². The average Bonchev–Trinajstić information content (AvgIpc) is 2.88. The number of aromatic nitrogens is 2. The number of benzene rings is 1. The predicted octanol–water partition coefficient (Wildman–Crippen LogP) is 1.77. The van der Waals surface area contributed by atoms with Crippen LogP contribution in [0.1, 0.15) is 11.4 Å². The van der Waals surface area contributed by atoms with Crippen molar-refractivity contribution >= 4 is 0 Å². The summed E-state index contributed by atoms with van der Waals surface area (Å²) in [7, 11) is 5.33. The molecule has 0 aliphatic heterocycles. The lowest BCUT2D eigenvalue weighted by atomic mass is 10.2. The molecule has 5 nitrogen and oxygen atoms in total. The zero-order valence-corrected chi connectivity index (χ0v) is 12.2. The topological polar surface area (TPSA) is 48.3 Å². The molecule has 2 aromatic rings. The molecule has 0 amide bonds. The van der Waals surface area contributed by atoms with Gasteiger partial charge in [0, 0.05) is 45.0 Å². The molecule has 108 valence electrons. The summed E-state index contributed by atoms with van der Waals surface area (Å²) in [5.74, 6) is 2.70. The highest BCUT2D eigenvalue weighted by molar-refractivity contribution is 5.38. The van der Waals surface area contributed by atoms with E-state index in [9.17, 15) is 0 Å². The van der Waals surface area contributed by atoms with Crippen molar-refractivity contribution in [1.29, 1.82) is 0 Å². The predicted molar refractivity (Wildman–Crippen MR) is 78.2 cm³/mol. The van der Waals surface area contributed by atoms with E-state index < -0.39 is 0 Å². The van der Waals surface area contributed by atoms with Gasteiger partial charge in [0.15, 0.2) is 0 Å². The van der Waals surface area contributed by atoms with E-state index in [-0.39, 0.29) is 0 Å². The first kappa shape index (κ1) is 14.4. The fourth-order valence-electron chi connectivity index (χ4n) is 2.04. The van der Waals surface area contributed by atoms with Gasteiger partial charge in [0.1, 0.15) is 17.3 Å². The van der Waals surface area contributed by atoms with Gasteiger partial charge < -0.3 is 19.4 Å². The maximum atomic E-state index is 5.26. The quantitative estimate of drug-likeness (QED) is 0.782. The molecular weight excluding hydrogens is 254 g/mol. The Balaban J connectivity index is 1.86. The molecule has 1 N–H and O–H groups in total. The standard InChI is InChI=1S/C15H21N3O2/c1-18-7-6-17-15(18)4-5-16-11-12-8-13(19-2)10-14(9-12)20-3/h6-10,16H,4-5,11H2,1-3H3. The molecule has 0 saturated heterocycles. The Morgan fingerprint density at radius 1 is 1.15 bits per heavy atom. The minimum absolute atomic E-state index is 0.776. The summed E-state index contributed by atoms with van der Waals surface area (Å²) in [6.07, 6.45) is 4.69. The first-order valence-electron chi connectivity index (χ1n) is 6.62. The van der Waals surface area contributed by atoms with E-state index in [4.69, 9.17) is 9.47 Å². The first-order chi connectivity index (χ1) is 9.72. The van der Waals surface area contributed by atoms with Gasteiger partial charge in [-0.05, 0) is 17.7 Å². The van der Waals surface area contributed by atoms with Crippen molar-refractivity contribution in [1.82, 2.24) is 14.9 Å². The second kappa shape index (κ2) is 6.96. The molecule has 0 unspecified atom stereocenters. The van der Waals surface area contributed by atoms with Crippen molar-refractivity contribution < 1.29 is 9.47 Å². The van der Waals surface area contributed by atoms with Crippen LogP contribution in [0.4, 0.5) is 0 Å². The Morgan fingerprint density at radius 2 is 1.85 bits per heavy atom. The highest BCUT2D eigenvalue weighted by Gasteiger charge is 2.02. The van der Waals surface area contributed by atoms with Crippen LogP contribution >= 0.6 is 0 Å². The van der Waals surface area contributed by atoms with Crippen LogP contribution in [0.5, 0.6) is 11.5 Å². The summed E-state index contributed by atoms with van der Waals surface area (Å²) >= 11 is 0. The van der Waals surface area contributed by atoms with Gasteiger partial charge in [-0.1, -0.05) is 0 Å². The molecule has 20 heavy (non-hydrogen) atoms. The third-order valence-corrected chi connectivity index (χ3v) is 3.19. The molecule has 1 aromatic heterocycles. The van der Waals surface area contributed by atoms with Crippen molar-refractivity contribution in [2.75, 3.05) is 20.8 Å². The molecule has 0 aliphatic rings. The number of hydrogen-bond donors (Lipinski definition) is 1. The monoisotopic (exact) mass is 275 g/mol. The summed E-state index contributed by atoms with van der Waals surface area (Å²) in [4.78, 5) is 4.30. The number of nitrogens with one attached hydrogen (secondary N) is 1. The third kappa shape index (κ3) is 3.74. The van der Waals surface area contributed by atoms with Crippen LogP contribution in [0, 0.1) is 0 Å². The Labute approximate surface area is 119 Å². The first-order valence-corrected chi connectivity index (χ1v) is 6.62. The highest BCUT2D eigenvalue weighted by atomic mass is 16.5. The third-order valence-electron chi connectivity index (χ3n) is 3.19. The molecule has 0 saturated carbocycles. The van der Waals surface area contributed by atoms with E-state index >= 15 is 0 Å². The van der Waals surface area contributed by atoms with Gasteiger partial charge in [0.2, 0.25) is 0 Å². The zero-order valence-electron chi connectivity index (χ0n) is 12.2. The van der Waals surface area contributed by atoms with Gasteiger partial charge in [0.05, 0.1) is 14.2 Å². The Hall–Kier alpha value is -2.01. The van der Waals surface area contributed by atoms with E-state index in [1.54, 1.807) is 14.2 Å². The van der Waals surface area contributed by atoms with Crippen molar-refractivity contribution in [3.05, 3.63) is 42.0 Å². The number of hydrogen-bond acceptors (Lipinski definition) is 4. The number of nitrogens with zero attached hydrogens (tertiary/aromatic N) is 2. The number of aryl methyl sites for hydroxylation is 1. The van der Waals surface area contributed by atoms with Crippen molar-refractivity contribution in [3.63, 3.8) is 0 Å². The molecule has 5 heteroatoms. The average molecular weight is 275 g/mol. The second-order valence-electron chi connectivity index (χ2n) is 4.60. The number of methoxy groups -OCH3 is 2. The number of ether oxygens (including phenoxy) is 2. The maximum Gasteiger partial charge on any atom is 0.122 e. The normalized spacial score (nSPS) is 10.6. The summed E-state index contributed by atoms with van der Waals surface area (Å²) in [6.45, 7) is 1.66. The molecule has 0 fully saturated rings.